The Morgan fingerprint density at radius 1 is 1.18 bits per heavy atom. The van der Waals surface area contributed by atoms with Crippen molar-refractivity contribution in [2.45, 2.75) is 53.3 Å². The molecule has 12 heteroatoms. The van der Waals surface area contributed by atoms with E-state index in [9.17, 15) is 19.2 Å². The van der Waals surface area contributed by atoms with E-state index in [4.69, 9.17) is 16.3 Å². The molecule has 0 aliphatic carbocycles. The van der Waals surface area contributed by atoms with Crippen molar-refractivity contribution in [3.8, 4) is 6.07 Å². The average Bonchev–Trinajstić information content (AvgIpc) is 3.24. The summed E-state index contributed by atoms with van der Waals surface area (Å²) in [5.41, 5.74) is 2.34. The van der Waals surface area contributed by atoms with E-state index in [1.807, 2.05) is 13.0 Å². The Labute approximate surface area is 235 Å². The number of aromatic nitrogens is 4. The van der Waals surface area contributed by atoms with E-state index >= 15 is 0 Å². The van der Waals surface area contributed by atoms with Crippen molar-refractivity contribution in [1.29, 1.82) is 5.26 Å². The molecule has 0 saturated heterocycles. The molecule has 0 aliphatic rings. The minimum atomic E-state index is -0.647. The second-order valence-electron chi connectivity index (χ2n) is 10.2. The first kappa shape index (κ1) is 28.4. The quantitative estimate of drug-likeness (QED) is 0.319. The molecule has 4 rings (SSSR count). The van der Waals surface area contributed by atoms with E-state index in [2.05, 4.69) is 25.7 Å². The number of carbonyl (C=O) groups excluding carboxylic acids is 2. The minimum Gasteiger partial charge on any atom is -0.444 e. The highest BCUT2D eigenvalue weighted by molar-refractivity contribution is 6.31. The van der Waals surface area contributed by atoms with Crippen LogP contribution >= 0.6 is 11.6 Å². The van der Waals surface area contributed by atoms with E-state index in [0.29, 0.717) is 27.5 Å². The van der Waals surface area contributed by atoms with Gasteiger partial charge in [0.15, 0.2) is 5.69 Å². The maximum absolute atomic E-state index is 14.6. The number of fused-ring (bicyclic) bond motifs is 1. The van der Waals surface area contributed by atoms with Crippen molar-refractivity contribution in [3.05, 3.63) is 81.1 Å². The van der Waals surface area contributed by atoms with E-state index in [0.717, 1.165) is 11.1 Å². The third-order valence-electron chi connectivity index (χ3n) is 5.89. The van der Waals surface area contributed by atoms with Gasteiger partial charge in [0.2, 0.25) is 0 Å². The van der Waals surface area contributed by atoms with Crippen molar-refractivity contribution >= 4 is 40.3 Å². The molecule has 206 valence electrons. The number of nitrogens with zero attached hydrogens (tertiary/aromatic N) is 5. The molecular weight excluding hydrogens is 537 g/mol. The van der Waals surface area contributed by atoms with Crippen molar-refractivity contribution < 1.29 is 18.7 Å². The molecule has 3 aromatic heterocycles. The van der Waals surface area contributed by atoms with Crippen LogP contribution in [0.2, 0.25) is 5.02 Å². The summed E-state index contributed by atoms with van der Waals surface area (Å²) in [5, 5.41) is 20.3. The SMILES string of the molecule is Cc1cc(NC(=O)OC(C)(C)C)nc(C)c1CNC(=O)c1cnn(Cc2cc(F)c3ncc(Cl)cc3c2)c1C#N. The first-order valence-electron chi connectivity index (χ1n) is 12.3. The molecule has 0 saturated carbocycles. The molecule has 2 amide bonds. The molecule has 40 heavy (non-hydrogen) atoms. The summed E-state index contributed by atoms with van der Waals surface area (Å²) in [6.07, 6.45) is 2.05. The number of hydrogen-bond donors (Lipinski definition) is 2. The van der Waals surface area contributed by atoms with Crippen LogP contribution in [0, 0.1) is 31.0 Å². The van der Waals surface area contributed by atoms with Crippen LogP contribution in [-0.2, 0) is 17.8 Å². The van der Waals surface area contributed by atoms with Gasteiger partial charge in [-0.25, -0.2) is 18.9 Å². The Morgan fingerprint density at radius 2 is 1.93 bits per heavy atom. The second-order valence-corrected chi connectivity index (χ2v) is 10.6. The van der Waals surface area contributed by atoms with E-state index in [1.165, 1.54) is 23.1 Å². The molecule has 4 aromatic rings. The summed E-state index contributed by atoms with van der Waals surface area (Å²) < 4.78 is 21.2. The number of nitrogens with one attached hydrogen (secondary N) is 2. The zero-order valence-electron chi connectivity index (χ0n) is 22.6. The summed E-state index contributed by atoms with van der Waals surface area (Å²) >= 11 is 6.00. The maximum atomic E-state index is 14.6. The van der Waals surface area contributed by atoms with Gasteiger partial charge in [0.25, 0.3) is 5.91 Å². The summed E-state index contributed by atoms with van der Waals surface area (Å²) in [6, 6.07) is 8.32. The predicted molar refractivity (Wildman–Crippen MR) is 147 cm³/mol. The fraction of sp³-hybridized carbons (Fsp3) is 0.286. The predicted octanol–water partition coefficient (Wildman–Crippen LogP) is 5.43. The topological polar surface area (TPSA) is 135 Å². The standard InChI is InChI=1S/C28H27ClFN7O3/c1-15-6-24(36-27(39)40-28(3,4)5)35-16(2)20(15)12-33-26(38)21-13-34-37(23(21)10-31)14-17-7-18-9-19(29)11-32-25(18)22(30)8-17/h6-9,11,13H,12,14H2,1-5H3,(H,33,38)(H,35,36,39). The summed E-state index contributed by atoms with van der Waals surface area (Å²) in [5.74, 6) is -0.701. The molecular formula is C28H27ClFN7O3. The van der Waals surface area contributed by atoms with E-state index in [1.54, 1.807) is 45.9 Å². The van der Waals surface area contributed by atoms with Crippen LogP contribution in [0.15, 0.2) is 36.7 Å². The molecule has 0 unspecified atom stereocenters. The van der Waals surface area contributed by atoms with Gasteiger partial charge >= 0.3 is 6.09 Å². The Hall–Kier alpha value is -4.56. The van der Waals surface area contributed by atoms with Crippen molar-refractivity contribution in [2.75, 3.05) is 5.32 Å². The number of aryl methyl sites for hydroxylation is 2. The van der Waals surface area contributed by atoms with Crippen LogP contribution < -0.4 is 10.6 Å². The van der Waals surface area contributed by atoms with Crippen LogP contribution in [0.4, 0.5) is 15.0 Å². The lowest BCUT2D eigenvalue weighted by Crippen LogP contribution is -2.28. The van der Waals surface area contributed by atoms with Crippen LogP contribution in [0.5, 0.6) is 0 Å². The maximum Gasteiger partial charge on any atom is 0.413 e. The van der Waals surface area contributed by atoms with Gasteiger partial charge in [-0.1, -0.05) is 11.6 Å². The number of amides is 2. The first-order chi connectivity index (χ1) is 18.8. The minimum absolute atomic E-state index is 0.0331. The highest BCUT2D eigenvalue weighted by Crippen LogP contribution is 2.23. The molecule has 0 aliphatic heterocycles. The molecule has 0 fully saturated rings. The lowest BCUT2D eigenvalue weighted by atomic mass is 10.1. The fourth-order valence-corrected chi connectivity index (χ4v) is 4.32. The molecule has 3 heterocycles. The molecule has 0 bridgehead atoms. The largest absolute Gasteiger partial charge is 0.444 e. The molecule has 10 nitrogen and oxygen atoms in total. The number of nitriles is 1. The Balaban J connectivity index is 1.48. The number of hydrogen-bond acceptors (Lipinski definition) is 7. The van der Waals surface area contributed by atoms with Gasteiger partial charge < -0.3 is 10.1 Å². The first-order valence-corrected chi connectivity index (χ1v) is 12.7. The van der Waals surface area contributed by atoms with Gasteiger partial charge in [-0.15, -0.1) is 0 Å². The average molecular weight is 564 g/mol. The summed E-state index contributed by atoms with van der Waals surface area (Å²) in [4.78, 5) is 33.5. The van der Waals surface area contributed by atoms with Crippen molar-refractivity contribution in [1.82, 2.24) is 25.1 Å². The number of halogens is 2. The van der Waals surface area contributed by atoms with E-state index in [-0.39, 0.29) is 29.9 Å². The number of anilines is 1. The molecule has 0 radical (unpaired) electrons. The Bertz CT molecular complexity index is 1650. The van der Waals surface area contributed by atoms with Crippen LogP contribution in [0.25, 0.3) is 10.9 Å². The monoisotopic (exact) mass is 563 g/mol. The lowest BCUT2D eigenvalue weighted by molar-refractivity contribution is 0.0635. The molecule has 0 spiro atoms. The third kappa shape index (κ3) is 6.52. The highest BCUT2D eigenvalue weighted by atomic mass is 35.5. The van der Waals surface area contributed by atoms with Crippen LogP contribution in [0.1, 0.15) is 59.2 Å². The van der Waals surface area contributed by atoms with Crippen LogP contribution in [0.3, 0.4) is 0 Å². The number of carbonyl (C=O) groups is 2. The van der Waals surface area contributed by atoms with E-state index < -0.39 is 23.4 Å². The summed E-state index contributed by atoms with van der Waals surface area (Å²) in [6.45, 7) is 9.09. The molecule has 1 aromatic carbocycles. The van der Waals surface area contributed by atoms with Gasteiger partial charge in [-0.3, -0.25) is 15.1 Å². The number of rotatable bonds is 6. The van der Waals surface area contributed by atoms with Gasteiger partial charge in [0.1, 0.15) is 28.8 Å². The second kappa shape index (κ2) is 11.3. The van der Waals surface area contributed by atoms with Gasteiger partial charge in [-0.2, -0.15) is 10.4 Å². The molecule has 0 atom stereocenters. The smallest absolute Gasteiger partial charge is 0.413 e. The fourth-order valence-electron chi connectivity index (χ4n) is 4.15. The van der Waals surface area contributed by atoms with Crippen molar-refractivity contribution in [3.63, 3.8) is 0 Å². The van der Waals surface area contributed by atoms with Crippen LogP contribution in [-0.4, -0.2) is 37.3 Å². The highest BCUT2D eigenvalue weighted by Gasteiger charge is 2.20. The molecule has 2 N–H and O–H groups in total. The summed E-state index contributed by atoms with van der Waals surface area (Å²) in [7, 11) is 0. The van der Waals surface area contributed by atoms with Gasteiger partial charge in [0, 0.05) is 23.8 Å². The normalized spacial score (nSPS) is 11.2. The number of benzene rings is 1. The zero-order chi connectivity index (χ0) is 29.2. The Kier molecular flexibility index (Phi) is 8.02. The van der Waals surface area contributed by atoms with Gasteiger partial charge in [-0.05, 0) is 75.6 Å². The Morgan fingerprint density at radius 3 is 2.60 bits per heavy atom. The third-order valence-corrected chi connectivity index (χ3v) is 6.10. The lowest BCUT2D eigenvalue weighted by Gasteiger charge is -2.20. The van der Waals surface area contributed by atoms with Gasteiger partial charge in [0.05, 0.1) is 23.3 Å². The zero-order valence-corrected chi connectivity index (χ0v) is 23.4. The van der Waals surface area contributed by atoms with Crippen molar-refractivity contribution in [2.24, 2.45) is 0 Å². The number of ether oxygens (including phenoxy) is 1. The number of pyridine rings is 2.